The van der Waals surface area contributed by atoms with Crippen LogP contribution in [0.1, 0.15) is 18.9 Å². The van der Waals surface area contributed by atoms with Crippen LogP contribution < -0.4 is 5.32 Å². The van der Waals surface area contributed by atoms with E-state index in [1.54, 1.807) is 19.1 Å². The maximum absolute atomic E-state index is 12.8. The van der Waals surface area contributed by atoms with Crippen molar-refractivity contribution in [1.82, 2.24) is 15.2 Å². The molecule has 2 aromatic carbocycles. The van der Waals surface area contributed by atoms with E-state index in [-0.39, 0.29) is 5.91 Å². The molecule has 8 heteroatoms. The fourth-order valence-corrected chi connectivity index (χ4v) is 3.10. The second-order valence-electron chi connectivity index (χ2n) is 6.39. The molecular weight excluding hydrogens is 366 g/mol. The van der Waals surface area contributed by atoms with Gasteiger partial charge in [0.1, 0.15) is 6.33 Å². The molecule has 0 unspecified atom stereocenters. The average Bonchev–Trinajstić information content (AvgIpc) is 3.33. The molecular formula is C19H16ClN5O2. The van der Waals surface area contributed by atoms with Crippen LogP contribution in [0.2, 0.25) is 5.02 Å². The number of aromatic amines is 1. The topological polar surface area (TPSA) is 92.3 Å². The van der Waals surface area contributed by atoms with Crippen LogP contribution in [-0.2, 0) is 9.63 Å². The minimum atomic E-state index is -1.11. The van der Waals surface area contributed by atoms with E-state index < -0.39 is 5.60 Å². The summed E-state index contributed by atoms with van der Waals surface area (Å²) >= 11 is 6.22. The Morgan fingerprint density at radius 1 is 1.26 bits per heavy atom. The van der Waals surface area contributed by atoms with Crippen molar-refractivity contribution < 1.29 is 9.63 Å². The number of nitrogens with zero attached hydrogens (tertiary/aromatic N) is 3. The number of amides is 1. The van der Waals surface area contributed by atoms with Crippen molar-refractivity contribution >= 4 is 28.9 Å². The lowest BCUT2D eigenvalue weighted by molar-refractivity contribution is -0.135. The highest BCUT2D eigenvalue weighted by atomic mass is 35.5. The van der Waals surface area contributed by atoms with E-state index in [0.29, 0.717) is 28.7 Å². The predicted octanol–water partition coefficient (Wildman–Crippen LogP) is 3.65. The number of aromatic nitrogens is 3. The molecule has 7 nitrogen and oxygen atoms in total. The fourth-order valence-electron chi connectivity index (χ4n) is 2.85. The molecule has 1 aliphatic heterocycles. The molecule has 1 aliphatic rings. The first-order valence-corrected chi connectivity index (χ1v) is 8.70. The number of oxime groups is 1. The van der Waals surface area contributed by atoms with Gasteiger partial charge < -0.3 is 10.2 Å². The highest BCUT2D eigenvalue weighted by Crippen LogP contribution is 2.30. The molecule has 2 N–H and O–H groups in total. The molecule has 0 saturated carbocycles. The van der Waals surface area contributed by atoms with Gasteiger partial charge in [0.05, 0.1) is 5.71 Å². The summed E-state index contributed by atoms with van der Waals surface area (Å²) in [6, 6.07) is 14.7. The summed E-state index contributed by atoms with van der Waals surface area (Å²) < 4.78 is 0. The van der Waals surface area contributed by atoms with Crippen molar-refractivity contribution in [1.29, 1.82) is 0 Å². The summed E-state index contributed by atoms with van der Waals surface area (Å²) in [5.74, 6) is 0.335. The zero-order valence-corrected chi connectivity index (χ0v) is 15.2. The van der Waals surface area contributed by atoms with Crippen LogP contribution in [0, 0.1) is 0 Å². The molecule has 1 amide bonds. The molecule has 0 radical (unpaired) electrons. The molecule has 136 valence electrons. The minimum absolute atomic E-state index is 0.289. The van der Waals surface area contributed by atoms with Crippen LogP contribution in [0.5, 0.6) is 0 Å². The number of H-pyrrole nitrogens is 1. The second kappa shape index (κ2) is 6.85. The number of carbonyl (C=O) groups excluding carboxylic acids is 1. The van der Waals surface area contributed by atoms with Crippen LogP contribution in [-0.4, -0.2) is 32.4 Å². The number of hydrogen-bond acceptors (Lipinski definition) is 5. The zero-order chi connectivity index (χ0) is 18.9. The van der Waals surface area contributed by atoms with E-state index in [4.69, 9.17) is 16.4 Å². The smallest absolute Gasteiger partial charge is 0.271 e. The quantitative estimate of drug-likeness (QED) is 0.721. The molecule has 0 saturated heterocycles. The van der Waals surface area contributed by atoms with Gasteiger partial charge in [0.15, 0.2) is 5.82 Å². The van der Waals surface area contributed by atoms with Crippen LogP contribution in [0.4, 0.5) is 5.69 Å². The second-order valence-corrected chi connectivity index (χ2v) is 6.79. The number of nitrogens with one attached hydrogen (secondary N) is 2. The van der Waals surface area contributed by atoms with Crippen LogP contribution in [0.3, 0.4) is 0 Å². The molecule has 1 atom stereocenters. The Morgan fingerprint density at radius 2 is 2.11 bits per heavy atom. The molecule has 27 heavy (non-hydrogen) atoms. The molecule has 0 fully saturated rings. The van der Waals surface area contributed by atoms with Gasteiger partial charge in [0.2, 0.25) is 5.60 Å². The number of anilines is 1. The summed E-state index contributed by atoms with van der Waals surface area (Å²) in [5.41, 5.74) is 1.74. The lowest BCUT2D eigenvalue weighted by Gasteiger charge is -2.20. The summed E-state index contributed by atoms with van der Waals surface area (Å²) in [4.78, 5) is 22.4. The largest absolute Gasteiger partial charge is 0.379 e. The number of benzene rings is 2. The SMILES string of the molecule is C[C@@]1(C(=O)Nc2cccc(-c3ncn[nH]3)c2)CC(c2ccccc2Cl)=NO1. The molecule has 0 spiro atoms. The maximum atomic E-state index is 12.8. The Labute approximate surface area is 160 Å². The van der Waals surface area contributed by atoms with Crippen molar-refractivity contribution in [2.24, 2.45) is 5.16 Å². The first-order chi connectivity index (χ1) is 13.0. The van der Waals surface area contributed by atoms with Crippen molar-refractivity contribution in [3.63, 3.8) is 0 Å². The highest BCUT2D eigenvalue weighted by Gasteiger charge is 2.42. The van der Waals surface area contributed by atoms with E-state index in [2.05, 4.69) is 25.7 Å². The number of hydrogen-bond donors (Lipinski definition) is 2. The fraction of sp³-hybridized carbons (Fsp3) is 0.158. The first kappa shape index (κ1) is 17.2. The van der Waals surface area contributed by atoms with Crippen molar-refractivity contribution in [2.45, 2.75) is 18.9 Å². The van der Waals surface area contributed by atoms with E-state index in [0.717, 1.165) is 11.1 Å². The number of halogens is 1. The van der Waals surface area contributed by atoms with E-state index in [1.807, 2.05) is 36.4 Å². The van der Waals surface area contributed by atoms with E-state index in [1.165, 1.54) is 6.33 Å². The van der Waals surface area contributed by atoms with Gasteiger partial charge in [0, 0.05) is 28.3 Å². The third kappa shape index (κ3) is 3.41. The van der Waals surface area contributed by atoms with Gasteiger partial charge in [-0.1, -0.05) is 47.1 Å². The summed E-state index contributed by atoms with van der Waals surface area (Å²) in [5, 5.41) is 14.2. The van der Waals surface area contributed by atoms with Gasteiger partial charge in [-0.2, -0.15) is 5.10 Å². The molecule has 0 aliphatic carbocycles. The number of rotatable bonds is 4. The van der Waals surface area contributed by atoms with E-state index >= 15 is 0 Å². The maximum Gasteiger partial charge on any atom is 0.271 e. The van der Waals surface area contributed by atoms with E-state index in [9.17, 15) is 4.79 Å². The van der Waals surface area contributed by atoms with Gasteiger partial charge >= 0.3 is 0 Å². The van der Waals surface area contributed by atoms with Crippen LogP contribution in [0.15, 0.2) is 60.0 Å². The molecule has 2 heterocycles. The van der Waals surface area contributed by atoms with Gasteiger partial charge in [0.25, 0.3) is 5.91 Å². The monoisotopic (exact) mass is 381 g/mol. The third-order valence-electron chi connectivity index (χ3n) is 4.34. The average molecular weight is 382 g/mol. The van der Waals surface area contributed by atoms with Gasteiger partial charge in [-0.05, 0) is 25.1 Å². The highest BCUT2D eigenvalue weighted by molar-refractivity contribution is 6.34. The van der Waals surface area contributed by atoms with Gasteiger partial charge in [-0.25, -0.2) is 4.98 Å². The Balaban J connectivity index is 1.49. The normalized spacial score (nSPS) is 18.7. The van der Waals surface area contributed by atoms with Crippen LogP contribution in [0.25, 0.3) is 11.4 Å². The molecule has 4 rings (SSSR count). The number of carbonyl (C=O) groups is 1. The van der Waals surface area contributed by atoms with Crippen molar-refractivity contribution in [3.05, 3.63) is 65.4 Å². The lowest BCUT2D eigenvalue weighted by Crippen LogP contribution is -2.40. The van der Waals surface area contributed by atoms with Crippen molar-refractivity contribution in [3.8, 4) is 11.4 Å². The Kier molecular flexibility index (Phi) is 4.37. The van der Waals surface area contributed by atoms with Crippen LogP contribution >= 0.6 is 11.6 Å². The lowest BCUT2D eigenvalue weighted by atomic mass is 9.95. The van der Waals surface area contributed by atoms with Crippen molar-refractivity contribution in [2.75, 3.05) is 5.32 Å². The molecule has 0 bridgehead atoms. The van der Waals surface area contributed by atoms with Gasteiger partial charge in [-0.15, -0.1) is 0 Å². The molecule has 1 aromatic heterocycles. The molecule has 3 aromatic rings. The summed E-state index contributed by atoms with van der Waals surface area (Å²) in [6.45, 7) is 1.70. The standard InChI is InChI=1S/C19H16ClN5O2/c1-19(10-16(25-27-19)14-7-2-3-8-15(14)20)18(26)23-13-6-4-5-12(9-13)17-21-11-22-24-17/h2-9,11H,10H2,1H3,(H,23,26)(H,21,22,24)/t19-/m0/s1. The Morgan fingerprint density at radius 3 is 2.89 bits per heavy atom. The summed E-state index contributed by atoms with van der Waals surface area (Å²) in [6.07, 6.45) is 1.76. The Bertz CT molecular complexity index is 1020. The Hall–Kier alpha value is -3.19. The summed E-state index contributed by atoms with van der Waals surface area (Å²) in [7, 11) is 0. The first-order valence-electron chi connectivity index (χ1n) is 8.32. The predicted molar refractivity (Wildman–Crippen MR) is 103 cm³/mol. The minimum Gasteiger partial charge on any atom is -0.379 e. The van der Waals surface area contributed by atoms with Gasteiger partial charge in [-0.3, -0.25) is 9.89 Å². The zero-order valence-electron chi connectivity index (χ0n) is 14.4. The third-order valence-corrected chi connectivity index (χ3v) is 4.67.